The van der Waals surface area contributed by atoms with Crippen LogP contribution in [0.5, 0.6) is 0 Å². The smallest absolute Gasteiger partial charge is 0.389 e. The maximum atomic E-state index is 12.0. The molecular weight excluding hydrogens is 295 g/mol. The Balaban J connectivity index is 2.63. The van der Waals surface area contributed by atoms with E-state index in [-0.39, 0.29) is 6.61 Å². The third kappa shape index (κ3) is 5.20. The summed E-state index contributed by atoms with van der Waals surface area (Å²) in [5.74, 6) is -1.25. The number of carbonyl (C=O) groups is 2. The minimum atomic E-state index is -4.36. The Morgan fingerprint density at radius 1 is 1.40 bits per heavy atom. The molecule has 0 aromatic carbocycles. The lowest BCUT2D eigenvalue weighted by Crippen LogP contribution is -2.15. The minimum absolute atomic E-state index is 0.226. The van der Waals surface area contributed by atoms with Gasteiger partial charge in [0.25, 0.3) is 0 Å². The molecule has 0 spiro atoms. The molecule has 0 radical (unpaired) electrons. The Bertz CT molecular complexity index is 497. The van der Waals surface area contributed by atoms with Gasteiger partial charge < -0.3 is 10.1 Å². The maximum Gasteiger partial charge on any atom is 0.389 e. The molecule has 0 aliphatic carbocycles. The predicted octanol–water partition coefficient (Wildman–Crippen LogP) is 3.51. The van der Waals surface area contributed by atoms with Gasteiger partial charge in [-0.2, -0.15) is 13.2 Å². The number of nitrogens with one attached hydrogen (secondary N) is 1. The zero-order chi connectivity index (χ0) is 15.3. The first kappa shape index (κ1) is 16.5. The number of esters is 1. The van der Waals surface area contributed by atoms with Crippen molar-refractivity contribution in [3.8, 4) is 0 Å². The molecule has 0 aliphatic rings. The average Bonchev–Trinajstić information content (AvgIpc) is 2.67. The van der Waals surface area contributed by atoms with E-state index in [4.69, 9.17) is 4.74 Å². The maximum absolute atomic E-state index is 12.0. The van der Waals surface area contributed by atoms with Crippen molar-refractivity contribution in [2.75, 3.05) is 11.9 Å². The summed E-state index contributed by atoms with van der Waals surface area (Å²) in [6.07, 6.45) is -6.18. The Morgan fingerprint density at radius 2 is 2.05 bits per heavy atom. The zero-order valence-electron chi connectivity index (χ0n) is 11.0. The Hall–Kier alpha value is -1.57. The second-order valence-electron chi connectivity index (χ2n) is 4.01. The molecule has 1 amide bonds. The van der Waals surface area contributed by atoms with E-state index in [1.807, 2.05) is 0 Å². The molecule has 0 fully saturated rings. The highest BCUT2D eigenvalue weighted by Crippen LogP contribution is 2.28. The third-order valence-corrected chi connectivity index (χ3v) is 3.41. The molecule has 112 valence electrons. The summed E-state index contributed by atoms with van der Waals surface area (Å²) in [5, 5.41) is 2.68. The van der Waals surface area contributed by atoms with E-state index >= 15 is 0 Å². The zero-order valence-corrected chi connectivity index (χ0v) is 11.8. The van der Waals surface area contributed by atoms with Crippen LogP contribution in [0.2, 0.25) is 0 Å². The topological polar surface area (TPSA) is 55.4 Å². The number of hydrogen-bond donors (Lipinski definition) is 1. The number of amides is 1. The van der Waals surface area contributed by atoms with Crippen LogP contribution in [0.1, 0.15) is 35.0 Å². The van der Waals surface area contributed by atoms with Gasteiger partial charge in [0, 0.05) is 6.42 Å². The van der Waals surface area contributed by atoms with Gasteiger partial charge in [-0.05, 0) is 25.5 Å². The molecule has 20 heavy (non-hydrogen) atoms. The predicted molar refractivity (Wildman–Crippen MR) is 68.9 cm³/mol. The summed E-state index contributed by atoms with van der Waals surface area (Å²) in [6.45, 7) is 3.55. The SMILES string of the molecule is CCOC(=O)c1sc(NC(=O)CCC(F)(F)F)cc1C. The molecular formula is C12H14F3NO3S. The van der Waals surface area contributed by atoms with E-state index in [9.17, 15) is 22.8 Å². The molecule has 1 rings (SSSR count). The van der Waals surface area contributed by atoms with Crippen molar-refractivity contribution >= 4 is 28.2 Å². The van der Waals surface area contributed by atoms with Gasteiger partial charge in [-0.3, -0.25) is 4.79 Å². The standard InChI is InChI=1S/C12H14F3NO3S/c1-3-19-11(18)10-7(2)6-9(20-10)16-8(17)4-5-12(13,14)15/h6H,3-5H2,1-2H3,(H,16,17). The molecule has 1 heterocycles. The van der Waals surface area contributed by atoms with Gasteiger partial charge in [-0.25, -0.2) is 4.79 Å². The normalized spacial score (nSPS) is 11.2. The molecule has 0 atom stereocenters. The molecule has 1 N–H and O–H groups in total. The van der Waals surface area contributed by atoms with Gasteiger partial charge in [0.1, 0.15) is 4.88 Å². The fourth-order valence-corrected chi connectivity index (χ4v) is 2.38. The van der Waals surface area contributed by atoms with Gasteiger partial charge in [0.05, 0.1) is 18.0 Å². The minimum Gasteiger partial charge on any atom is -0.462 e. The number of alkyl halides is 3. The number of hydrogen-bond acceptors (Lipinski definition) is 4. The van der Waals surface area contributed by atoms with Crippen molar-refractivity contribution in [2.24, 2.45) is 0 Å². The van der Waals surface area contributed by atoms with Gasteiger partial charge in [-0.15, -0.1) is 11.3 Å². The van der Waals surface area contributed by atoms with Crippen LogP contribution >= 0.6 is 11.3 Å². The van der Waals surface area contributed by atoms with Crippen LogP contribution in [-0.2, 0) is 9.53 Å². The van der Waals surface area contributed by atoms with Crippen molar-refractivity contribution in [2.45, 2.75) is 32.9 Å². The van der Waals surface area contributed by atoms with Gasteiger partial charge in [-0.1, -0.05) is 0 Å². The summed E-state index contributed by atoms with van der Waals surface area (Å²) in [6, 6.07) is 1.53. The van der Waals surface area contributed by atoms with Crippen LogP contribution in [0.3, 0.4) is 0 Å². The van der Waals surface area contributed by atoms with Crippen LogP contribution < -0.4 is 5.32 Å². The van der Waals surface area contributed by atoms with Gasteiger partial charge in [0.2, 0.25) is 5.91 Å². The molecule has 0 saturated heterocycles. The van der Waals surface area contributed by atoms with Crippen LogP contribution in [-0.4, -0.2) is 24.7 Å². The average molecular weight is 309 g/mol. The molecule has 1 aromatic rings. The summed E-state index contributed by atoms with van der Waals surface area (Å²) in [7, 11) is 0. The van der Waals surface area contributed by atoms with Crippen molar-refractivity contribution in [3.63, 3.8) is 0 Å². The number of ether oxygens (including phenoxy) is 1. The second-order valence-corrected chi connectivity index (χ2v) is 5.06. The van der Waals surface area contributed by atoms with Crippen LogP contribution in [0.15, 0.2) is 6.07 Å². The lowest BCUT2D eigenvalue weighted by atomic mass is 10.3. The highest BCUT2D eigenvalue weighted by atomic mass is 32.1. The summed E-state index contributed by atoms with van der Waals surface area (Å²) in [4.78, 5) is 23.2. The van der Waals surface area contributed by atoms with Gasteiger partial charge >= 0.3 is 12.1 Å². The first-order valence-electron chi connectivity index (χ1n) is 5.87. The van der Waals surface area contributed by atoms with Crippen LogP contribution in [0.25, 0.3) is 0 Å². The quantitative estimate of drug-likeness (QED) is 0.847. The first-order chi connectivity index (χ1) is 9.23. The molecule has 0 bridgehead atoms. The van der Waals surface area contributed by atoms with E-state index in [0.717, 1.165) is 11.3 Å². The molecule has 0 saturated carbocycles. The summed E-state index contributed by atoms with van der Waals surface area (Å²) in [5.41, 5.74) is 0.611. The summed E-state index contributed by atoms with van der Waals surface area (Å²) < 4.78 is 40.8. The molecule has 1 aromatic heterocycles. The number of anilines is 1. The number of carbonyl (C=O) groups excluding carboxylic acids is 2. The second kappa shape index (κ2) is 6.74. The van der Waals surface area contributed by atoms with E-state index in [2.05, 4.69) is 5.32 Å². The van der Waals surface area contributed by atoms with E-state index in [1.165, 1.54) is 6.07 Å². The lowest BCUT2D eigenvalue weighted by Gasteiger charge is -2.05. The van der Waals surface area contributed by atoms with Crippen molar-refractivity contribution < 1.29 is 27.5 Å². The van der Waals surface area contributed by atoms with Crippen LogP contribution in [0, 0.1) is 6.92 Å². The number of aryl methyl sites for hydroxylation is 1. The Morgan fingerprint density at radius 3 is 2.60 bits per heavy atom. The highest BCUT2D eigenvalue weighted by molar-refractivity contribution is 7.18. The van der Waals surface area contributed by atoms with Crippen molar-refractivity contribution in [1.29, 1.82) is 0 Å². The lowest BCUT2D eigenvalue weighted by molar-refractivity contribution is -0.142. The van der Waals surface area contributed by atoms with Crippen LogP contribution in [0.4, 0.5) is 18.2 Å². The monoisotopic (exact) mass is 309 g/mol. The number of rotatable bonds is 5. The Kier molecular flexibility index (Phi) is 5.55. The molecule has 0 aliphatic heterocycles. The Labute approximate surface area is 117 Å². The summed E-state index contributed by atoms with van der Waals surface area (Å²) >= 11 is 0.981. The molecule has 0 unspecified atom stereocenters. The largest absolute Gasteiger partial charge is 0.462 e. The van der Waals surface area contributed by atoms with Crippen molar-refractivity contribution in [3.05, 3.63) is 16.5 Å². The number of thiophene rings is 1. The van der Waals surface area contributed by atoms with E-state index < -0.39 is 30.9 Å². The molecule has 4 nitrogen and oxygen atoms in total. The van der Waals surface area contributed by atoms with E-state index in [0.29, 0.717) is 15.4 Å². The third-order valence-electron chi connectivity index (χ3n) is 2.28. The molecule has 8 heteroatoms. The fourth-order valence-electron chi connectivity index (χ4n) is 1.40. The van der Waals surface area contributed by atoms with E-state index in [1.54, 1.807) is 13.8 Å². The first-order valence-corrected chi connectivity index (χ1v) is 6.68. The number of halogens is 3. The van der Waals surface area contributed by atoms with Gasteiger partial charge in [0.15, 0.2) is 0 Å². The van der Waals surface area contributed by atoms with Crippen molar-refractivity contribution in [1.82, 2.24) is 0 Å². The highest BCUT2D eigenvalue weighted by Gasteiger charge is 2.28. The fraction of sp³-hybridized carbons (Fsp3) is 0.500.